The van der Waals surface area contributed by atoms with Gasteiger partial charge < -0.3 is 9.84 Å². The summed E-state index contributed by atoms with van der Waals surface area (Å²) in [6.45, 7) is 7.48. The molecule has 3 heteroatoms. The molecule has 0 saturated carbocycles. The Bertz CT molecular complexity index is 363. The van der Waals surface area contributed by atoms with Crippen molar-refractivity contribution in [1.82, 2.24) is 4.90 Å². The van der Waals surface area contributed by atoms with Gasteiger partial charge in [0.2, 0.25) is 0 Å². The molecule has 0 radical (unpaired) electrons. The van der Waals surface area contributed by atoms with Crippen LogP contribution in [-0.4, -0.2) is 30.2 Å². The van der Waals surface area contributed by atoms with Gasteiger partial charge in [0, 0.05) is 12.6 Å². The van der Waals surface area contributed by atoms with Crippen molar-refractivity contribution in [2.24, 2.45) is 5.92 Å². The molecule has 17 heavy (non-hydrogen) atoms. The van der Waals surface area contributed by atoms with E-state index in [1.54, 1.807) is 19.2 Å². The van der Waals surface area contributed by atoms with Gasteiger partial charge >= 0.3 is 0 Å². The number of hydrogen-bond acceptors (Lipinski definition) is 3. The topological polar surface area (TPSA) is 32.7 Å². The van der Waals surface area contributed by atoms with Crippen molar-refractivity contribution in [3.05, 3.63) is 23.8 Å². The lowest BCUT2D eigenvalue weighted by Crippen LogP contribution is -2.32. The Labute approximate surface area is 104 Å². The Morgan fingerprint density at radius 3 is 2.41 bits per heavy atom. The van der Waals surface area contributed by atoms with E-state index >= 15 is 0 Å². The molecule has 0 aliphatic rings. The van der Waals surface area contributed by atoms with Gasteiger partial charge in [-0.2, -0.15) is 0 Å². The van der Waals surface area contributed by atoms with Crippen LogP contribution in [0.1, 0.15) is 26.3 Å². The van der Waals surface area contributed by atoms with Gasteiger partial charge in [-0.1, -0.05) is 19.9 Å². The first-order valence-corrected chi connectivity index (χ1v) is 6.01. The summed E-state index contributed by atoms with van der Waals surface area (Å²) in [5, 5.41) is 9.71. The molecule has 3 nitrogen and oxygen atoms in total. The van der Waals surface area contributed by atoms with Crippen molar-refractivity contribution < 1.29 is 9.84 Å². The van der Waals surface area contributed by atoms with E-state index in [0.717, 1.165) is 12.1 Å². The van der Waals surface area contributed by atoms with Crippen LogP contribution in [0, 0.1) is 5.92 Å². The highest BCUT2D eigenvalue weighted by molar-refractivity contribution is 5.41. The van der Waals surface area contributed by atoms with Gasteiger partial charge in [-0.3, -0.25) is 4.90 Å². The Kier molecular flexibility index (Phi) is 4.82. The second kappa shape index (κ2) is 5.92. The summed E-state index contributed by atoms with van der Waals surface area (Å²) in [5.74, 6) is 1.34. The zero-order chi connectivity index (χ0) is 13.0. The molecule has 1 unspecified atom stereocenters. The molecule has 0 amide bonds. The summed E-state index contributed by atoms with van der Waals surface area (Å²) in [6, 6.07) is 6.07. The second-order valence-corrected chi connectivity index (χ2v) is 4.91. The van der Waals surface area contributed by atoms with E-state index in [1.807, 2.05) is 6.07 Å². The normalized spacial score (nSPS) is 13.1. The van der Waals surface area contributed by atoms with Crippen LogP contribution in [0.15, 0.2) is 18.2 Å². The first-order valence-electron chi connectivity index (χ1n) is 6.01. The summed E-state index contributed by atoms with van der Waals surface area (Å²) < 4.78 is 5.03. The zero-order valence-electron chi connectivity index (χ0n) is 11.4. The van der Waals surface area contributed by atoms with Crippen molar-refractivity contribution in [2.75, 3.05) is 14.2 Å². The molecule has 1 rings (SSSR count). The van der Waals surface area contributed by atoms with E-state index in [0.29, 0.717) is 17.7 Å². The average molecular weight is 237 g/mol. The van der Waals surface area contributed by atoms with Gasteiger partial charge in [0.25, 0.3) is 0 Å². The quantitative estimate of drug-likeness (QED) is 0.854. The second-order valence-electron chi connectivity index (χ2n) is 4.91. The summed E-state index contributed by atoms with van der Waals surface area (Å²) >= 11 is 0. The van der Waals surface area contributed by atoms with Crippen molar-refractivity contribution in [2.45, 2.75) is 33.4 Å². The Morgan fingerprint density at radius 2 is 1.94 bits per heavy atom. The molecule has 0 aromatic heterocycles. The molecule has 96 valence electrons. The van der Waals surface area contributed by atoms with Crippen LogP contribution < -0.4 is 4.74 Å². The molecular formula is C14H23NO2. The lowest BCUT2D eigenvalue weighted by molar-refractivity contribution is 0.200. The van der Waals surface area contributed by atoms with Gasteiger partial charge in [-0.05, 0) is 37.6 Å². The van der Waals surface area contributed by atoms with E-state index in [1.165, 1.54) is 0 Å². The van der Waals surface area contributed by atoms with Crippen molar-refractivity contribution >= 4 is 0 Å². The lowest BCUT2D eigenvalue weighted by Gasteiger charge is -2.27. The van der Waals surface area contributed by atoms with E-state index < -0.39 is 0 Å². The fraction of sp³-hybridized carbons (Fsp3) is 0.571. The maximum Gasteiger partial charge on any atom is 0.160 e. The van der Waals surface area contributed by atoms with Gasteiger partial charge in [0.05, 0.1) is 7.11 Å². The zero-order valence-corrected chi connectivity index (χ0v) is 11.4. The fourth-order valence-electron chi connectivity index (χ4n) is 1.77. The number of ether oxygens (including phenoxy) is 1. The molecule has 0 saturated heterocycles. The summed E-state index contributed by atoms with van der Waals surface area (Å²) in [7, 11) is 3.66. The third kappa shape index (κ3) is 3.63. The maximum absolute atomic E-state index is 9.71. The highest BCUT2D eigenvalue weighted by Gasteiger charge is 2.13. The Hall–Kier alpha value is -1.22. The molecule has 0 aliphatic heterocycles. The number of methoxy groups -OCH3 is 1. The van der Waals surface area contributed by atoms with Gasteiger partial charge in [-0.25, -0.2) is 0 Å². The molecule has 0 fully saturated rings. The smallest absolute Gasteiger partial charge is 0.160 e. The van der Waals surface area contributed by atoms with Crippen LogP contribution in [0.4, 0.5) is 0 Å². The molecule has 0 spiro atoms. The summed E-state index contributed by atoms with van der Waals surface area (Å²) in [5.41, 5.74) is 1.10. The number of phenols is 1. The molecular weight excluding hydrogens is 214 g/mol. The lowest BCUT2D eigenvalue weighted by atomic mass is 10.0. The van der Waals surface area contributed by atoms with Crippen LogP contribution in [0.2, 0.25) is 0 Å². The minimum Gasteiger partial charge on any atom is -0.504 e. The van der Waals surface area contributed by atoms with Crippen LogP contribution in [0.25, 0.3) is 0 Å². The molecule has 1 N–H and O–H groups in total. The summed E-state index contributed by atoms with van der Waals surface area (Å²) in [6.07, 6.45) is 0. The number of hydrogen-bond donors (Lipinski definition) is 1. The van der Waals surface area contributed by atoms with Gasteiger partial charge in [-0.15, -0.1) is 0 Å². The minimum atomic E-state index is 0.204. The van der Waals surface area contributed by atoms with Gasteiger partial charge in [0.1, 0.15) is 0 Å². The number of nitrogens with zero attached hydrogens (tertiary/aromatic N) is 1. The van der Waals surface area contributed by atoms with Crippen molar-refractivity contribution in [3.63, 3.8) is 0 Å². The van der Waals surface area contributed by atoms with Crippen LogP contribution >= 0.6 is 0 Å². The monoisotopic (exact) mass is 237 g/mol. The van der Waals surface area contributed by atoms with Crippen LogP contribution in [-0.2, 0) is 6.54 Å². The van der Waals surface area contributed by atoms with E-state index in [4.69, 9.17) is 4.74 Å². The number of aromatic hydroxyl groups is 1. The van der Waals surface area contributed by atoms with Crippen LogP contribution in [0.3, 0.4) is 0 Å². The first kappa shape index (κ1) is 13.8. The van der Waals surface area contributed by atoms with Crippen LogP contribution in [0.5, 0.6) is 11.5 Å². The standard InChI is InChI=1S/C14H23NO2/c1-10(2)11(3)15(4)9-12-6-7-14(17-5)13(16)8-12/h6-8,10-11,16H,9H2,1-5H3. The predicted octanol–water partition coefficient (Wildman–Crippen LogP) is 2.88. The molecule has 0 aliphatic carbocycles. The number of benzene rings is 1. The average Bonchev–Trinajstić information content (AvgIpc) is 2.28. The van der Waals surface area contributed by atoms with Crippen molar-refractivity contribution in [3.8, 4) is 11.5 Å². The minimum absolute atomic E-state index is 0.204. The SMILES string of the molecule is COc1ccc(CN(C)C(C)C(C)C)cc1O. The number of rotatable bonds is 5. The van der Waals surface area contributed by atoms with Gasteiger partial charge in [0.15, 0.2) is 11.5 Å². The highest BCUT2D eigenvalue weighted by Crippen LogP contribution is 2.27. The predicted molar refractivity (Wildman–Crippen MR) is 70.4 cm³/mol. The highest BCUT2D eigenvalue weighted by atomic mass is 16.5. The van der Waals surface area contributed by atoms with E-state index in [-0.39, 0.29) is 5.75 Å². The third-order valence-corrected chi connectivity index (χ3v) is 3.34. The molecule has 1 atom stereocenters. The Morgan fingerprint density at radius 1 is 1.29 bits per heavy atom. The molecule has 1 aromatic rings. The van der Waals surface area contributed by atoms with Crippen molar-refractivity contribution in [1.29, 1.82) is 0 Å². The van der Waals surface area contributed by atoms with E-state index in [9.17, 15) is 5.11 Å². The number of phenolic OH excluding ortho intramolecular Hbond substituents is 1. The molecule has 0 bridgehead atoms. The maximum atomic E-state index is 9.71. The molecule has 0 heterocycles. The van der Waals surface area contributed by atoms with E-state index in [2.05, 4.69) is 32.7 Å². The third-order valence-electron chi connectivity index (χ3n) is 3.34. The summed E-state index contributed by atoms with van der Waals surface area (Å²) in [4.78, 5) is 2.28. The fourth-order valence-corrected chi connectivity index (χ4v) is 1.77. The largest absolute Gasteiger partial charge is 0.504 e. The first-order chi connectivity index (χ1) is 7.95. The molecule has 1 aromatic carbocycles. The Balaban J connectivity index is 2.72.